The van der Waals surface area contributed by atoms with Gasteiger partial charge in [-0.25, -0.2) is 9.18 Å². The van der Waals surface area contributed by atoms with Gasteiger partial charge in [0, 0.05) is 26.7 Å². The van der Waals surface area contributed by atoms with E-state index in [0.29, 0.717) is 13.1 Å². The lowest BCUT2D eigenvalue weighted by Crippen LogP contribution is -2.41. The Bertz CT molecular complexity index is 462. The highest BCUT2D eigenvalue weighted by molar-refractivity contribution is 5.75. The van der Waals surface area contributed by atoms with Gasteiger partial charge in [-0.05, 0) is 24.6 Å². The van der Waals surface area contributed by atoms with Gasteiger partial charge in [-0.3, -0.25) is 4.79 Å². The monoisotopic (exact) mass is 282 g/mol. The highest BCUT2D eigenvalue weighted by atomic mass is 19.1. The Balaban J connectivity index is 2.59. The highest BCUT2D eigenvalue weighted by Crippen LogP contribution is 2.08. The van der Waals surface area contributed by atoms with Crippen LogP contribution in [0.2, 0.25) is 0 Å². The minimum Gasteiger partial charge on any atom is -0.481 e. The number of carboxylic acids is 1. The maximum absolute atomic E-state index is 12.8. The predicted molar refractivity (Wildman–Crippen MR) is 72.8 cm³/mol. The van der Waals surface area contributed by atoms with Crippen LogP contribution in [0.3, 0.4) is 0 Å². The molecule has 0 saturated carbocycles. The number of rotatable bonds is 6. The van der Waals surface area contributed by atoms with Crippen LogP contribution in [0.4, 0.5) is 9.18 Å². The fraction of sp³-hybridized carbons (Fsp3) is 0.429. The number of benzene rings is 1. The van der Waals surface area contributed by atoms with Crippen LogP contribution in [0.5, 0.6) is 0 Å². The number of nitrogens with zero attached hydrogens (tertiary/aromatic N) is 2. The molecule has 1 rings (SSSR count). The maximum Gasteiger partial charge on any atom is 0.320 e. The molecule has 0 spiro atoms. The summed E-state index contributed by atoms with van der Waals surface area (Å²) in [6, 6.07) is 5.68. The molecule has 0 saturated heterocycles. The lowest BCUT2D eigenvalue weighted by atomic mass is 10.2. The van der Waals surface area contributed by atoms with E-state index >= 15 is 0 Å². The van der Waals surface area contributed by atoms with E-state index in [9.17, 15) is 14.0 Å². The quantitative estimate of drug-likeness (QED) is 0.870. The molecule has 0 unspecified atom stereocenters. The summed E-state index contributed by atoms with van der Waals surface area (Å²) in [5.41, 5.74) is 0.816. The molecule has 0 bridgehead atoms. The average Bonchev–Trinajstić information content (AvgIpc) is 2.41. The average molecular weight is 282 g/mol. The zero-order valence-electron chi connectivity index (χ0n) is 11.7. The highest BCUT2D eigenvalue weighted by Gasteiger charge is 2.17. The first kappa shape index (κ1) is 15.9. The second kappa shape index (κ2) is 7.47. The third-order valence-corrected chi connectivity index (χ3v) is 2.91. The molecular weight excluding hydrogens is 263 g/mol. The maximum atomic E-state index is 12.8. The number of carbonyl (C=O) groups excluding carboxylic acids is 1. The number of hydrogen-bond donors (Lipinski definition) is 1. The molecule has 5 nitrogen and oxygen atoms in total. The molecule has 20 heavy (non-hydrogen) atoms. The van der Waals surface area contributed by atoms with Crippen LogP contribution in [0, 0.1) is 5.82 Å². The molecule has 0 radical (unpaired) electrons. The van der Waals surface area contributed by atoms with E-state index in [4.69, 9.17) is 5.11 Å². The third kappa shape index (κ3) is 4.87. The van der Waals surface area contributed by atoms with E-state index in [1.807, 2.05) is 0 Å². The summed E-state index contributed by atoms with van der Waals surface area (Å²) < 4.78 is 12.8. The van der Waals surface area contributed by atoms with E-state index in [2.05, 4.69) is 0 Å². The molecule has 1 aromatic rings. The molecule has 0 atom stereocenters. The largest absolute Gasteiger partial charge is 0.481 e. The van der Waals surface area contributed by atoms with Crippen molar-refractivity contribution in [2.24, 2.45) is 0 Å². The van der Waals surface area contributed by atoms with Gasteiger partial charge in [0.15, 0.2) is 0 Å². The number of amides is 2. The molecule has 110 valence electrons. The van der Waals surface area contributed by atoms with Gasteiger partial charge in [0.1, 0.15) is 5.82 Å². The van der Waals surface area contributed by atoms with Gasteiger partial charge in [0.25, 0.3) is 0 Å². The number of carbonyl (C=O) groups is 2. The van der Waals surface area contributed by atoms with Crippen molar-refractivity contribution in [2.45, 2.75) is 19.9 Å². The Morgan fingerprint density at radius 1 is 1.25 bits per heavy atom. The van der Waals surface area contributed by atoms with E-state index in [1.165, 1.54) is 21.9 Å². The lowest BCUT2D eigenvalue weighted by molar-refractivity contribution is -0.137. The number of hydrogen-bond acceptors (Lipinski definition) is 2. The minimum absolute atomic E-state index is 0.0794. The summed E-state index contributed by atoms with van der Waals surface area (Å²) in [7, 11) is 1.63. The molecule has 0 aliphatic rings. The van der Waals surface area contributed by atoms with Crippen LogP contribution in [0.25, 0.3) is 0 Å². The van der Waals surface area contributed by atoms with Gasteiger partial charge in [0.2, 0.25) is 0 Å². The first-order valence-corrected chi connectivity index (χ1v) is 6.40. The Hall–Kier alpha value is -2.11. The normalized spacial score (nSPS) is 10.2. The molecule has 6 heteroatoms. The summed E-state index contributed by atoms with van der Waals surface area (Å²) in [6.45, 7) is 2.77. The van der Waals surface area contributed by atoms with Gasteiger partial charge in [-0.2, -0.15) is 0 Å². The van der Waals surface area contributed by atoms with E-state index in [-0.39, 0.29) is 24.8 Å². The molecule has 0 aromatic heterocycles. The SMILES string of the molecule is CCN(CCC(=O)O)C(=O)N(C)Cc1ccc(F)cc1. The van der Waals surface area contributed by atoms with Crippen LogP contribution in [-0.2, 0) is 11.3 Å². The second-order valence-corrected chi connectivity index (χ2v) is 4.49. The Morgan fingerprint density at radius 2 is 1.85 bits per heavy atom. The first-order valence-electron chi connectivity index (χ1n) is 6.40. The van der Waals surface area contributed by atoms with E-state index < -0.39 is 5.97 Å². The molecule has 0 fully saturated rings. The van der Waals surface area contributed by atoms with Crippen molar-refractivity contribution in [3.8, 4) is 0 Å². The van der Waals surface area contributed by atoms with Crippen molar-refractivity contribution in [1.29, 1.82) is 0 Å². The fourth-order valence-electron chi connectivity index (χ4n) is 1.79. The third-order valence-electron chi connectivity index (χ3n) is 2.91. The Morgan fingerprint density at radius 3 is 2.35 bits per heavy atom. The molecule has 2 amide bonds. The molecule has 0 aliphatic heterocycles. The standard InChI is InChI=1S/C14H19FN2O3/c1-3-17(9-8-13(18)19)14(20)16(2)10-11-4-6-12(15)7-5-11/h4-7H,3,8-10H2,1-2H3,(H,18,19). The zero-order chi connectivity index (χ0) is 15.1. The predicted octanol–water partition coefficient (Wildman–Crippen LogP) is 2.17. The number of aliphatic carboxylic acids is 1. The molecule has 0 heterocycles. The van der Waals surface area contributed by atoms with Crippen molar-refractivity contribution < 1.29 is 19.1 Å². The van der Waals surface area contributed by atoms with Crippen LogP contribution in [0.1, 0.15) is 18.9 Å². The van der Waals surface area contributed by atoms with E-state index in [1.54, 1.807) is 26.1 Å². The van der Waals surface area contributed by atoms with Crippen molar-refractivity contribution in [2.75, 3.05) is 20.1 Å². The van der Waals surface area contributed by atoms with Crippen LogP contribution >= 0.6 is 0 Å². The lowest BCUT2D eigenvalue weighted by Gasteiger charge is -2.27. The van der Waals surface area contributed by atoms with Gasteiger partial charge in [-0.1, -0.05) is 12.1 Å². The van der Waals surface area contributed by atoms with Crippen LogP contribution in [-0.4, -0.2) is 47.0 Å². The smallest absolute Gasteiger partial charge is 0.320 e. The summed E-state index contributed by atoms with van der Waals surface area (Å²) in [6.07, 6.45) is -0.0794. The first-order chi connectivity index (χ1) is 9.43. The Kier molecular flexibility index (Phi) is 5.96. The van der Waals surface area contributed by atoms with Crippen LogP contribution < -0.4 is 0 Å². The summed E-state index contributed by atoms with van der Waals surface area (Å²) in [4.78, 5) is 25.6. The number of urea groups is 1. The van der Waals surface area contributed by atoms with Crippen molar-refractivity contribution in [3.05, 3.63) is 35.6 Å². The van der Waals surface area contributed by atoms with Gasteiger partial charge in [-0.15, -0.1) is 0 Å². The molecule has 1 aromatic carbocycles. The van der Waals surface area contributed by atoms with Crippen LogP contribution in [0.15, 0.2) is 24.3 Å². The van der Waals surface area contributed by atoms with E-state index in [0.717, 1.165) is 5.56 Å². The minimum atomic E-state index is -0.933. The molecular formula is C14H19FN2O3. The summed E-state index contributed by atoms with van der Waals surface area (Å²) in [5.74, 6) is -1.25. The number of halogens is 1. The second-order valence-electron chi connectivity index (χ2n) is 4.49. The van der Waals surface area contributed by atoms with Crippen molar-refractivity contribution >= 4 is 12.0 Å². The van der Waals surface area contributed by atoms with Crippen molar-refractivity contribution in [3.63, 3.8) is 0 Å². The van der Waals surface area contributed by atoms with Gasteiger partial charge >= 0.3 is 12.0 Å². The zero-order valence-corrected chi connectivity index (χ0v) is 11.7. The van der Waals surface area contributed by atoms with Gasteiger partial charge < -0.3 is 14.9 Å². The van der Waals surface area contributed by atoms with Crippen molar-refractivity contribution in [1.82, 2.24) is 9.80 Å². The summed E-state index contributed by atoms with van der Waals surface area (Å²) in [5, 5.41) is 8.65. The molecule has 0 aliphatic carbocycles. The number of carboxylic acid groups (broad SMARTS) is 1. The summed E-state index contributed by atoms with van der Waals surface area (Å²) >= 11 is 0. The topological polar surface area (TPSA) is 60.9 Å². The molecule has 1 N–H and O–H groups in total. The van der Waals surface area contributed by atoms with Gasteiger partial charge in [0.05, 0.1) is 6.42 Å². The Labute approximate surface area is 117 Å². The fourth-order valence-corrected chi connectivity index (χ4v) is 1.79.